The molecule has 3 rings (SSSR count). The summed E-state index contributed by atoms with van der Waals surface area (Å²) in [6.45, 7) is 0. The number of oxazole rings is 1. The second-order valence-electron chi connectivity index (χ2n) is 4.31. The van der Waals surface area contributed by atoms with Crippen molar-refractivity contribution in [1.82, 2.24) is 15.2 Å². The molecule has 1 aromatic carbocycles. The van der Waals surface area contributed by atoms with Crippen molar-refractivity contribution < 1.29 is 8.83 Å². The van der Waals surface area contributed by atoms with Gasteiger partial charge < -0.3 is 8.83 Å². The molecule has 8 heteroatoms. The third-order valence-corrected chi connectivity index (χ3v) is 4.31. The van der Waals surface area contributed by atoms with Gasteiger partial charge in [0.1, 0.15) is 0 Å². The van der Waals surface area contributed by atoms with Crippen LogP contribution in [0, 0.1) is 0 Å². The van der Waals surface area contributed by atoms with Gasteiger partial charge in [-0.25, -0.2) is 4.98 Å². The molecule has 3 aromatic rings. The van der Waals surface area contributed by atoms with E-state index in [0.717, 1.165) is 5.56 Å². The van der Waals surface area contributed by atoms with Crippen LogP contribution in [0.4, 0.5) is 0 Å². The summed E-state index contributed by atoms with van der Waals surface area (Å²) in [5.41, 5.74) is 0.938. The molecule has 0 fully saturated rings. The SMILES string of the molecule is CSCc1nnc(SCc2ncc(-c3ccc(Cl)cc3)o2)o1. The third-order valence-electron chi connectivity index (χ3n) is 2.72. The van der Waals surface area contributed by atoms with Crippen LogP contribution in [-0.2, 0) is 11.5 Å². The number of hydrogen-bond donors (Lipinski definition) is 0. The Balaban J connectivity index is 1.62. The molecule has 0 aliphatic rings. The Hall–Kier alpha value is -1.44. The summed E-state index contributed by atoms with van der Waals surface area (Å²) >= 11 is 8.91. The largest absolute Gasteiger partial charge is 0.440 e. The van der Waals surface area contributed by atoms with Gasteiger partial charge in [-0.1, -0.05) is 23.4 Å². The van der Waals surface area contributed by atoms with Crippen molar-refractivity contribution >= 4 is 35.1 Å². The maximum atomic E-state index is 5.87. The second-order valence-corrected chi connectivity index (χ2v) is 6.54. The molecular weight excluding hydrogens is 342 g/mol. The monoisotopic (exact) mass is 353 g/mol. The fraction of sp³-hybridized carbons (Fsp3) is 0.214. The standard InChI is InChI=1S/C14H12ClN3O2S2/c1-21-7-13-17-18-14(20-13)22-8-12-16-6-11(19-12)9-2-4-10(15)5-3-9/h2-6H,7-8H2,1H3. The van der Waals surface area contributed by atoms with Crippen molar-refractivity contribution in [2.75, 3.05) is 6.26 Å². The molecule has 0 atom stereocenters. The molecule has 0 saturated heterocycles. The predicted octanol–water partition coefficient (Wildman–Crippen LogP) is 4.53. The lowest BCUT2D eigenvalue weighted by Gasteiger charge is -1.96. The minimum absolute atomic E-state index is 0.523. The highest BCUT2D eigenvalue weighted by atomic mass is 35.5. The zero-order valence-corrected chi connectivity index (χ0v) is 14.0. The zero-order chi connectivity index (χ0) is 15.4. The summed E-state index contributed by atoms with van der Waals surface area (Å²) < 4.78 is 11.2. The van der Waals surface area contributed by atoms with Gasteiger partial charge in [0.05, 0.1) is 17.7 Å². The fourth-order valence-electron chi connectivity index (χ4n) is 1.73. The van der Waals surface area contributed by atoms with Crippen molar-refractivity contribution in [1.29, 1.82) is 0 Å². The highest BCUT2D eigenvalue weighted by Gasteiger charge is 2.10. The van der Waals surface area contributed by atoms with Gasteiger partial charge in [-0.3, -0.25) is 0 Å². The first-order chi connectivity index (χ1) is 10.7. The van der Waals surface area contributed by atoms with E-state index < -0.39 is 0 Å². The van der Waals surface area contributed by atoms with E-state index in [1.165, 1.54) is 11.8 Å². The molecule has 2 aromatic heterocycles. The normalized spacial score (nSPS) is 11.0. The van der Waals surface area contributed by atoms with Gasteiger partial charge in [-0.05, 0) is 30.5 Å². The summed E-state index contributed by atoms with van der Waals surface area (Å²) in [6, 6.07) is 7.43. The fourth-order valence-corrected chi connectivity index (χ4v) is 2.85. The molecule has 0 unspecified atom stereocenters. The summed E-state index contributed by atoms with van der Waals surface area (Å²) in [4.78, 5) is 4.26. The summed E-state index contributed by atoms with van der Waals surface area (Å²) in [7, 11) is 0. The number of benzene rings is 1. The minimum Gasteiger partial charge on any atom is -0.440 e. The van der Waals surface area contributed by atoms with E-state index in [9.17, 15) is 0 Å². The minimum atomic E-state index is 0.523. The maximum absolute atomic E-state index is 5.87. The van der Waals surface area contributed by atoms with E-state index in [-0.39, 0.29) is 0 Å². The number of rotatable bonds is 6. The highest BCUT2D eigenvalue weighted by molar-refractivity contribution is 7.98. The summed E-state index contributed by atoms with van der Waals surface area (Å²) in [5.74, 6) is 3.20. The van der Waals surface area contributed by atoms with Crippen LogP contribution in [0.1, 0.15) is 11.8 Å². The van der Waals surface area contributed by atoms with E-state index >= 15 is 0 Å². The molecule has 0 amide bonds. The Labute approximate surface area is 140 Å². The van der Waals surface area contributed by atoms with Gasteiger partial charge in [-0.2, -0.15) is 11.8 Å². The van der Waals surface area contributed by atoms with Gasteiger partial charge in [0, 0.05) is 10.6 Å². The van der Waals surface area contributed by atoms with E-state index in [1.54, 1.807) is 18.0 Å². The molecule has 0 aliphatic carbocycles. The maximum Gasteiger partial charge on any atom is 0.277 e. The highest BCUT2D eigenvalue weighted by Crippen LogP contribution is 2.26. The lowest BCUT2D eigenvalue weighted by atomic mass is 10.2. The van der Waals surface area contributed by atoms with Gasteiger partial charge in [0.2, 0.25) is 11.8 Å². The first-order valence-electron chi connectivity index (χ1n) is 6.39. The Bertz CT molecular complexity index is 743. The average molecular weight is 354 g/mol. The van der Waals surface area contributed by atoms with Crippen molar-refractivity contribution in [2.45, 2.75) is 16.7 Å². The van der Waals surface area contributed by atoms with Crippen LogP contribution in [0.5, 0.6) is 0 Å². The van der Waals surface area contributed by atoms with E-state index in [1.807, 2.05) is 30.5 Å². The quantitative estimate of drug-likeness (QED) is 0.603. The third kappa shape index (κ3) is 3.85. The van der Waals surface area contributed by atoms with Crippen molar-refractivity contribution in [3.63, 3.8) is 0 Å². The van der Waals surface area contributed by atoms with Crippen molar-refractivity contribution in [3.8, 4) is 11.3 Å². The molecule has 2 heterocycles. The van der Waals surface area contributed by atoms with Crippen molar-refractivity contribution in [3.05, 3.63) is 47.3 Å². The molecule has 0 N–H and O–H groups in total. The van der Waals surface area contributed by atoms with Crippen LogP contribution < -0.4 is 0 Å². The first-order valence-corrected chi connectivity index (χ1v) is 9.15. The average Bonchev–Trinajstić information content (AvgIpc) is 3.16. The lowest BCUT2D eigenvalue weighted by Crippen LogP contribution is -1.79. The summed E-state index contributed by atoms with van der Waals surface area (Å²) in [6.07, 6.45) is 3.69. The second kappa shape index (κ2) is 7.21. The van der Waals surface area contributed by atoms with Gasteiger partial charge in [0.15, 0.2) is 5.76 Å². The molecule has 0 spiro atoms. The zero-order valence-electron chi connectivity index (χ0n) is 11.7. The molecule has 0 bridgehead atoms. The molecule has 22 heavy (non-hydrogen) atoms. The number of hydrogen-bond acceptors (Lipinski definition) is 7. The number of nitrogens with zero attached hydrogens (tertiary/aromatic N) is 3. The molecule has 114 valence electrons. The van der Waals surface area contributed by atoms with E-state index in [4.69, 9.17) is 20.4 Å². The van der Waals surface area contributed by atoms with Crippen LogP contribution in [0.3, 0.4) is 0 Å². The van der Waals surface area contributed by atoms with E-state index in [0.29, 0.717) is 39.3 Å². The Kier molecular flexibility index (Phi) is 5.07. The predicted molar refractivity (Wildman–Crippen MR) is 88.0 cm³/mol. The van der Waals surface area contributed by atoms with Gasteiger partial charge in [-0.15, -0.1) is 10.2 Å². The molecule has 0 saturated carbocycles. The smallest absolute Gasteiger partial charge is 0.277 e. The molecule has 0 aliphatic heterocycles. The molecule has 5 nitrogen and oxygen atoms in total. The van der Waals surface area contributed by atoms with Gasteiger partial charge in [0.25, 0.3) is 5.22 Å². The van der Waals surface area contributed by atoms with Crippen LogP contribution >= 0.6 is 35.1 Å². The topological polar surface area (TPSA) is 65.0 Å². The van der Waals surface area contributed by atoms with Crippen LogP contribution in [0.2, 0.25) is 5.02 Å². The first kappa shape index (κ1) is 15.5. The lowest BCUT2D eigenvalue weighted by molar-refractivity contribution is 0.426. The summed E-state index contributed by atoms with van der Waals surface area (Å²) in [5, 5.41) is 9.15. The van der Waals surface area contributed by atoms with E-state index in [2.05, 4.69) is 15.2 Å². The molecular formula is C14H12ClN3O2S2. The van der Waals surface area contributed by atoms with Crippen LogP contribution in [0.25, 0.3) is 11.3 Å². The Morgan fingerprint density at radius 3 is 2.64 bits per heavy atom. The van der Waals surface area contributed by atoms with Gasteiger partial charge >= 0.3 is 0 Å². The number of thioether (sulfide) groups is 2. The number of aromatic nitrogens is 3. The van der Waals surface area contributed by atoms with Crippen molar-refractivity contribution in [2.24, 2.45) is 0 Å². The van der Waals surface area contributed by atoms with Crippen LogP contribution in [0.15, 0.2) is 44.5 Å². The Morgan fingerprint density at radius 1 is 1.05 bits per heavy atom. The van der Waals surface area contributed by atoms with Crippen LogP contribution in [-0.4, -0.2) is 21.4 Å². The Morgan fingerprint density at radius 2 is 1.86 bits per heavy atom. The molecule has 0 radical (unpaired) electrons. The number of halogens is 1.